The van der Waals surface area contributed by atoms with Gasteiger partial charge in [-0.2, -0.15) is 0 Å². The molecule has 0 bridgehead atoms. The maximum atomic E-state index is 11.4. The van der Waals surface area contributed by atoms with Crippen molar-refractivity contribution in [2.24, 2.45) is 5.92 Å². The molecular formula is C21H25NO3. The zero-order chi connectivity index (χ0) is 17.9. The molecule has 0 radical (unpaired) electrons. The van der Waals surface area contributed by atoms with Crippen LogP contribution in [0.25, 0.3) is 0 Å². The number of hydrogen-bond acceptors (Lipinski definition) is 3. The Morgan fingerprint density at radius 3 is 2.56 bits per heavy atom. The molecule has 1 heterocycles. The molecule has 4 heteroatoms. The van der Waals surface area contributed by atoms with E-state index in [9.17, 15) is 9.90 Å². The summed E-state index contributed by atoms with van der Waals surface area (Å²) in [7, 11) is 0. The second-order valence-electron chi connectivity index (χ2n) is 6.90. The number of rotatable bonds is 6. The van der Waals surface area contributed by atoms with Crippen LogP contribution in [0.2, 0.25) is 0 Å². The number of aliphatic carboxylic acids is 1. The number of carboxylic acid groups (broad SMARTS) is 1. The second-order valence-corrected chi connectivity index (χ2v) is 6.90. The molecule has 0 saturated carbocycles. The third kappa shape index (κ3) is 3.85. The molecule has 1 fully saturated rings. The second kappa shape index (κ2) is 7.28. The SMILES string of the molecule is CC[C@@H]1CN[C@@](CC(=O)O)(c2ccc(Oc3ccccc3C)cc2)C1. The number of benzene rings is 2. The number of nitrogens with one attached hydrogen (secondary N) is 1. The molecule has 3 rings (SSSR count). The molecule has 2 atom stereocenters. The average molecular weight is 339 g/mol. The van der Waals surface area contributed by atoms with Crippen molar-refractivity contribution >= 4 is 5.97 Å². The van der Waals surface area contributed by atoms with Crippen LogP contribution in [0, 0.1) is 12.8 Å². The predicted molar refractivity (Wildman–Crippen MR) is 98.0 cm³/mol. The summed E-state index contributed by atoms with van der Waals surface area (Å²) in [6, 6.07) is 15.7. The lowest BCUT2D eigenvalue weighted by molar-refractivity contribution is -0.138. The first kappa shape index (κ1) is 17.5. The molecule has 1 aliphatic rings. The minimum atomic E-state index is -0.774. The van der Waals surface area contributed by atoms with Gasteiger partial charge in [0, 0.05) is 0 Å². The molecule has 1 saturated heterocycles. The molecule has 132 valence electrons. The van der Waals surface area contributed by atoms with Crippen molar-refractivity contribution in [2.45, 2.75) is 38.6 Å². The van der Waals surface area contributed by atoms with Crippen LogP contribution in [0.1, 0.15) is 37.3 Å². The van der Waals surface area contributed by atoms with Crippen molar-refractivity contribution < 1.29 is 14.6 Å². The number of ether oxygens (including phenoxy) is 1. The smallest absolute Gasteiger partial charge is 0.305 e. The molecule has 1 aliphatic heterocycles. The van der Waals surface area contributed by atoms with Crippen LogP contribution in [0.15, 0.2) is 48.5 Å². The standard InChI is InChI=1S/C21H25NO3/c1-3-16-12-21(22-14-16,13-20(23)24)17-8-10-18(11-9-17)25-19-7-5-4-6-15(19)2/h4-11,16,22H,3,12-14H2,1-2H3,(H,23,24)/t16-,21-/m0/s1. The Kier molecular flexibility index (Phi) is 5.09. The minimum absolute atomic E-state index is 0.0987. The van der Waals surface area contributed by atoms with Crippen molar-refractivity contribution in [2.75, 3.05) is 6.54 Å². The van der Waals surface area contributed by atoms with Crippen LogP contribution in [0.3, 0.4) is 0 Å². The molecule has 2 aromatic carbocycles. The van der Waals surface area contributed by atoms with Gasteiger partial charge in [-0.1, -0.05) is 43.7 Å². The minimum Gasteiger partial charge on any atom is -0.481 e. The van der Waals surface area contributed by atoms with Gasteiger partial charge in [0.25, 0.3) is 0 Å². The molecule has 0 unspecified atom stereocenters. The van der Waals surface area contributed by atoms with Gasteiger partial charge >= 0.3 is 5.97 Å². The van der Waals surface area contributed by atoms with Crippen molar-refractivity contribution in [3.63, 3.8) is 0 Å². The van der Waals surface area contributed by atoms with Gasteiger partial charge in [-0.05, 0) is 55.1 Å². The van der Waals surface area contributed by atoms with E-state index in [2.05, 4.69) is 12.2 Å². The summed E-state index contributed by atoms with van der Waals surface area (Å²) in [5.74, 6) is 1.33. The lowest BCUT2D eigenvalue weighted by Gasteiger charge is -2.29. The Morgan fingerprint density at radius 1 is 1.24 bits per heavy atom. The first-order valence-electron chi connectivity index (χ1n) is 8.83. The molecule has 0 aromatic heterocycles. The highest BCUT2D eigenvalue weighted by Crippen LogP contribution is 2.39. The van der Waals surface area contributed by atoms with Crippen LogP contribution < -0.4 is 10.1 Å². The van der Waals surface area contributed by atoms with Gasteiger partial charge in [-0.25, -0.2) is 0 Å². The fourth-order valence-electron chi connectivity index (χ4n) is 3.62. The van der Waals surface area contributed by atoms with Crippen LogP contribution in [-0.2, 0) is 10.3 Å². The zero-order valence-electron chi connectivity index (χ0n) is 14.8. The summed E-state index contributed by atoms with van der Waals surface area (Å²) in [5, 5.41) is 12.9. The van der Waals surface area contributed by atoms with Gasteiger partial charge in [0.05, 0.1) is 12.0 Å². The van der Waals surface area contributed by atoms with Crippen LogP contribution in [0.5, 0.6) is 11.5 Å². The van der Waals surface area contributed by atoms with Gasteiger partial charge in [0.1, 0.15) is 11.5 Å². The van der Waals surface area contributed by atoms with E-state index in [4.69, 9.17) is 4.74 Å². The van der Waals surface area contributed by atoms with E-state index in [0.29, 0.717) is 5.92 Å². The molecule has 0 spiro atoms. The monoisotopic (exact) mass is 339 g/mol. The Morgan fingerprint density at radius 2 is 1.96 bits per heavy atom. The fraction of sp³-hybridized carbons (Fsp3) is 0.381. The number of hydrogen-bond donors (Lipinski definition) is 2. The molecule has 2 aromatic rings. The number of aryl methyl sites for hydroxylation is 1. The molecule has 0 amide bonds. The highest BCUT2D eigenvalue weighted by molar-refractivity contribution is 5.69. The van der Waals surface area contributed by atoms with E-state index in [-0.39, 0.29) is 6.42 Å². The van der Waals surface area contributed by atoms with E-state index in [1.165, 1.54) is 0 Å². The molecule has 4 nitrogen and oxygen atoms in total. The van der Waals surface area contributed by atoms with Gasteiger partial charge in [0.15, 0.2) is 0 Å². The van der Waals surface area contributed by atoms with Crippen molar-refractivity contribution in [3.05, 3.63) is 59.7 Å². The topological polar surface area (TPSA) is 58.6 Å². The summed E-state index contributed by atoms with van der Waals surface area (Å²) in [6.07, 6.45) is 2.01. The van der Waals surface area contributed by atoms with Crippen LogP contribution in [-0.4, -0.2) is 17.6 Å². The van der Waals surface area contributed by atoms with Gasteiger partial charge < -0.3 is 15.2 Å². The van der Waals surface area contributed by atoms with Gasteiger partial charge in [0.2, 0.25) is 0 Å². The van der Waals surface area contributed by atoms with Crippen molar-refractivity contribution in [1.29, 1.82) is 0 Å². The zero-order valence-corrected chi connectivity index (χ0v) is 14.8. The third-order valence-corrected chi connectivity index (χ3v) is 5.12. The predicted octanol–water partition coefficient (Wildman–Crippen LogP) is 4.48. The largest absolute Gasteiger partial charge is 0.481 e. The molecule has 25 heavy (non-hydrogen) atoms. The van der Waals surface area contributed by atoms with E-state index < -0.39 is 11.5 Å². The van der Waals surface area contributed by atoms with E-state index in [1.54, 1.807) is 0 Å². The Labute approximate surface area is 148 Å². The maximum absolute atomic E-state index is 11.4. The van der Waals surface area contributed by atoms with Crippen LogP contribution in [0.4, 0.5) is 0 Å². The molecule has 2 N–H and O–H groups in total. The van der Waals surface area contributed by atoms with Gasteiger partial charge in [-0.3, -0.25) is 4.79 Å². The average Bonchev–Trinajstić information content (AvgIpc) is 3.01. The number of carbonyl (C=O) groups is 1. The summed E-state index contributed by atoms with van der Waals surface area (Å²) < 4.78 is 5.95. The Bertz CT molecular complexity index is 741. The first-order valence-corrected chi connectivity index (χ1v) is 8.83. The number of carboxylic acids is 1. The van der Waals surface area contributed by atoms with Crippen molar-refractivity contribution in [1.82, 2.24) is 5.32 Å². The number of para-hydroxylation sites is 1. The molecular weight excluding hydrogens is 314 g/mol. The molecule has 0 aliphatic carbocycles. The quantitative estimate of drug-likeness (QED) is 0.815. The fourth-order valence-corrected chi connectivity index (χ4v) is 3.62. The van der Waals surface area contributed by atoms with Crippen LogP contribution >= 0.6 is 0 Å². The van der Waals surface area contributed by atoms with Gasteiger partial charge in [-0.15, -0.1) is 0 Å². The summed E-state index contributed by atoms with van der Waals surface area (Å²) in [6.45, 7) is 5.03. The van der Waals surface area contributed by atoms with E-state index in [1.807, 2.05) is 55.5 Å². The van der Waals surface area contributed by atoms with E-state index in [0.717, 1.165) is 42.0 Å². The Balaban J connectivity index is 1.82. The summed E-state index contributed by atoms with van der Waals surface area (Å²) >= 11 is 0. The van der Waals surface area contributed by atoms with E-state index >= 15 is 0 Å². The highest BCUT2D eigenvalue weighted by atomic mass is 16.5. The lowest BCUT2D eigenvalue weighted by Crippen LogP contribution is -2.38. The Hall–Kier alpha value is -2.33. The normalized spacial score (nSPS) is 22.7. The highest BCUT2D eigenvalue weighted by Gasteiger charge is 2.41. The summed E-state index contributed by atoms with van der Waals surface area (Å²) in [4.78, 5) is 11.4. The van der Waals surface area contributed by atoms with Crippen molar-refractivity contribution in [3.8, 4) is 11.5 Å². The maximum Gasteiger partial charge on any atom is 0.305 e. The third-order valence-electron chi connectivity index (χ3n) is 5.12. The first-order chi connectivity index (χ1) is 12.0. The summed E-state index contributed by atoms with van der Waals surface area (Å²) in [5.41, 5.74) is 1.62. The lowest BCUT2D eigenvalue weighted by atomic mass is 9.82.